The summed E-state index contributed by atoms with van der Waals surface area (Å²) in [5.41, 5.74) is 1.03. The first-order valence-electron chi connectivity index (χ1n) is 10.6. The van der Waals surface area contributed by atoms with Gasteiger partial charge in [0.1, 0.15) is 0 Å². The van der Waals surface area contributed by atoms with E-state index >= 15 is 0 Å². The van der Waals surface area contributed by atoms with Gasteiger partial charge in [0.05, 0.1) is 39.9 Å². The Morgan fingerprint density at radius 1 is 1.17 bits per heavy atom. The molecule has 0 bridgehead atoms. The van der Waals surface area contributed by atoms with Crippen molar-refractivity contribution in [3.63, 3.8) is 0 Å². The lowest BCUT2D eigenvalue weighted by Crippen LogP contribution is -3.15. The van der Waals surface area contributed by atoms with E-state index in [-0.39, 0.29) is 5.91 Å². The fourth-order valence-corrected chi connectivity index (χ4v) is 3.66. The number of amides is 1. The largest absolute Gasteiger partial charge is 0.493 e. The van der Waals surface area contributed by atoms with E-state index in [1.165, 1.54) is 4.90 Å². The van der Waals surface area contributed by atoms with Crippen LogP contribution in [-0.2, 0) is 11.3 Å². The van der Waals surface area contributed by atoms with Gasteiger partial charge in [-0.2, -0.15) is 0 Å². The molecule has 0 saturated carbocycles. The highest BCUT2D eigenvalue weighted by Crippen LogP contribution is 2.28. The monoisotopic (exact) mass is 414 g/mol. The van der Waals surface area contributed by atoms with Crippen LogP contribution in [0, 0.1) is 0 Å². The van der Waals surface area contributed by atoms with Crippen LogP contribution >= 0.6 is 0 Å². The van der Waals surface area contributed by atoms with Gasteiger partial charge in [0, 0.05) is 25.5 Å². The van der Waals surface area contributed by atoms with Crippen molar-refractivity contribution in [3.8, 4) is 11.5 Å². The first-order chi connectivity index (χ1) is 14.6. The van der Waals surface area contributed by atoms with Crippen LogP contribution in [0.4, 0.5) is 5.95 Å². The molecule has 162 valence electrons. The molecule has 1 saturated heterocycles. The highest BCUT2D eigenvalue weighted by Gasteiger charge is 2.25. The molecule has 2 aromatic rings. The standard InChI is InChI=1S/C22H31N5O3/c1-4-26(16-18-7-8-19(30-5-2)20(15-18)29-3)21(28)17-25-11-13-27(14-12-25)22-23-9-6-10-24-22/h6-10,15H,4-5,11-14,16-17H2,1-3H3/p+1. The van der Waals surface area contributed by atoms with Crippen molar-refractivity contribution in [2.24, 2.45) is 0 Å². The van der Waals surface area contributed by atoms with E-state index in [1.54, 1.807) is 19.5 Å². The van der Waals surface area contributed by atoms with E-state index in [9.17, 15) is 4.79 Å². The summed E-state index contributed by atoms with van der Waals surface area (Å²) in [6.45, 7) is 9.80. The quantitative estimate of drug-likeness (QED) is 0.649. The number of nitrogens with one attached hydrogen (secondary N) is 1. The molecule has 1 aliphatic heterocycles. The molecule has 1 aliphatic rings. The van der Waals surface area contributed by atoms with Crippen LogP contribution in [0.2, 0.25) is 0 Å². The average Bonchev–Trinajstić information content (AvgIpc) is 2.79. The van der Waals surface area contributed by atoms with Crippen LogP contribution in [0.1, 0.15) is 19.4 Å². The molecule has 1 N–H and O–H groups in total. The smallest absolute Gasteiger partial charge is 0.278 e. The summed E-state index contributed by atoms with van der Waals surface area (Å²) in [7, 11) is 1.63. The number of piperazine rings is 1. The predicted molar refractivity (Wildman–Crippen MR) is 115 cm³/mol. The van der Waals surface area contributed by atoms with E-state index in [2.05, 4.69) is 14.9 Å². The fourth-order valence-electron chi connectivity index (χ4n) is 3.66. The van der Waals surface area contributed by atoms with Crippen molar-refractivity contribution in [2.75, 3.05) is 57.9 Å². The van der Waals surface area contributed by atoms with Gasteiger partial charge in [0.15, 0.2) is 18.0 Å². The van der Waals surface area contributed by atoms with Crippen LogP contribution in [0.5, 0.6) is 11.5 Å². The Labute approximate surface area is 178 Å². The molecule has 0 spiro atoms. The molecule has 8 heteroatoms. The van der Waals surface area contributed by atoms with Gasteiger partial charge in [-0.25, -0.2) is 9.97 Å². The number of carbonyl (C=O) groups excluding carboxylic acids is 1. The minimum atomic E-state index is 0.171. The molecular formula is C22H32N5O3+. The Kier molecular flexibility index (Phi) is 7.84. The zero-order valence-electron chi connectivity index (χ0n) is 18.1. The van der Waals surface area contributed by atoms with Crippen molar-refractivity contribution >= 4 is 11.9 Å². The lowest BCUT2D eigenvalue weighted by atomic mass is 10.2. The number of quaternary nitrogens is 1. The zero-order valence-corrected chi connectivity index (χ0v) is 18.1. The molecular weight excluding hydrogens is 382 g/mol. The topological polar surface area (TPSA) is 72.2 Å². The molecule has 2 heterocycles. The first kappa shape index (κ1) is 21.8. The lowest BCUT2D eigenvalue weighted by molar-refractivity contribution is -0.892. The van der Waals surface area contributed by atoms with Gasteiger partial charge in [-0.1, -0.05) is 6.07 Å². The molecule has 1 fully saturated rings. The predicted octanol–water partition coefficient (Wildman–Crippen LogP) is 0.638. The summed E-state index contributed by atoms with van der Waals surface area (Å²) in [6.07, 6.45) is 3.53. The van der Waals surface area contributed by atoms with Crippen LogP contribution in [0.3, 0.4) is 0 Å². The summed E-state index contributed by atoms with van der Waals surface area (Å²) in [5, 5.41) is 0. The highest BCUT2D eigenvalue weighted by molar-refractivity contribution is 5.77. The Bertz CT molecular complexity index is 810. The van der Waals surface area contributed by atoms with Crippen LogP contribution in [0.25, 0.3) is 0 Å². The van der Waals surface area contributed by atoms with Crippen molar-refractivity contribution in [1.29, 1.82) is 0 Å². The Morgan fingerprint density at radius 3 is 2.53 bits per heavy atom. The number of rotatable bonds is 9. The number of carbonyl (C=O) groups is 1. The van der Waals surface area contributed by atoms with Gasteiger partial charge in [0.25, 0.3) is 5.91 Å². The molecule has 0 aliphatic carbocycles. The Hall–Kier alpha value is -2.87. The molecule has 8 nitrogen and oxygen atoms in total. The molecule has 1 amide bonds. The minimum absolute atomic E-state index is 0.171. The van der Waals surface area contributed by atoms with Crippen molar-refractivity contribution in [2.45, 2.75) is 20.4 Å². The van der Waals surface area contributed by atoms with Crippen molar-refractivity contribution < 1.29 is 19.2 Å². The van der Waals surface area contributed by atoms with Crippen LogP contribution < -0.4 is 19.3 Å². The lowest BCUT2D eigenvalue weighted by Gasteiger charge is -2.32. The SMILES string of the molecule is CCOc1ccc(CN(CC)C(=O)C[NH+]2CCN(c3ncccn3)CC2)cc1OC. The van der Waals surface area contributed by atoms with Crippen LogP contribution in [0.15, 0.2) is 36.7 Å². The van der Waals surface area contributed by atoms with Gasteiger partial charge in [-0.3, -0.25) is 4.79 Å². The maximum absolute atomic E-state index is 12.9. The normalized spacial score (nSPS) is 14.4. The molecule has 0 atom stereocenters. The maximum Gasteiger partial charge on any atom is 0.278 e. The second-order valence-corrected chi connectivity index (χ2v) is 7.29. The van der Waals surface area contributed by atoms with Gasteiger partial charge in [-0.15, -0.1) is 0 Å². The first-order valence-corrected chi connectivity index (χ1v) is 10.6. The number of ether oxygens (including phenoxy) is 2. The summed E-state index contributed by atoms with van der Waals surface area (Å²) in [6, 6.07) is 7.68. The summed E-state index contributed by atoms with van der Waals surface area (Å²) < 4.78 is 11.0. The third-order valence-corrected chi connectivity index (χ3v) is 5.34. The van der Waals surface area contributed by atoms with Crippen molar-refractivity contribution in [3.05, 3.63) is 42.2 Å². The Morgan fingerprint density at radius 2 is 1.90 bits per heavy atom. The van der Waals surface area contributed by atoms with Gasteiger partial charge < -0.3 is 24.2 Å². The highest BCUT2D eigenvalue weighted by atomic mass is 16.5. The third kappa shape index (κ3) is 5.60. The molecule has 30 heavy (non-hydrogen) atoms. The van der Waals surface area contributed by atoms with Crippen LogP contribution in [-0.4, -0.2) is 73.8 Å². The summed E-state index contributed by atoms with van der Waals surface area (Å²) >= 11 is 0. The molecule has 1 aromatic carbocycles. The number of anilines is 1. The molecule has 1 aromatic heterocycles. The number of likely N-dealkylation sites (N-methyl/N-ethyl adjacent to an activating group) is 1. The Balaban J connectivity index is 1.54. The van der Waals surface area contributed by atoms with Gasteiger partial charge >= 0.3 is 0 Å². The number of hydrogen-bond acceptors (Lipinski definition) is 6. The van der Waals surface area contributed by atoms with Crippen molar-refractivity contribution in [1.82, 2.24) is 14.9 Å². The summed E-state index contributed by atoms with van der Waals surface area (Å²) in [4.78, 5) is 26.9. The van der Waals surface area contributed by atoms with Gasteiger partial charge in [0.2, 0.25) is 5.95 Å². The van der Waals surface area contributed by atoms with E-state index in [0.29, 0.717) is 32.0 Å². The number of hydrogen-bond donors (Lipinski definition) is 1. The average molecular weight is 415 g/mol. The molecule has 3 rings (SSSR count). The van der Waals surface area contributed by atoms with Gasteiger partial charge in [-0.05, 0) is 37.6 Å². The second kappa shape index (κ2) is 10.8. The molecule has 0 radical (unpaired) electrons. The summed E-state index contributed by atoms with van der Waals surface area (Å²) in [5.74, 6) is 2.36. The zero-order chi connectivity index (χ0) is 21.3. The maximum atomic E-state index is 12.9. The second-order valence-electron chi connectivity index (χ2n) is 7.29. The molecule has 0 unspecified atom stereocenters. The number of nitrogens with zero attached hydrogens (tertiary/aromatic N) is 4. The van der Waals surface area contributed by atoms with E-state index < -0.39 is 0 Å². The minimum Gasteiger partial charge on any atom is -0.493 e. The number of benzene rings is 1. The van der Waals surface area contributed by atoms with E-state index in [1.807, 2.05) is 43.0 Å². The number of methoxy groups -OCH3 is 1. The number of aromatic nitrogens is 2. The van der Waals surface area contributed by atoms with E-state index in [4.69, 9.17) is 9.47 Å². The third-order valence-electron chi connectivity index (χ3n) is 5.34. The fraction of sp³-hybridized carbons (Fsp3) is 0.500. The van der Waals surface area contributed by atoms with E-state index in [0.717, 1.165) is 43.4 Å².